The number of amides is 1. The van der Waals surface area contributed by atoms with Gasteiger partial charge in [-0.05, 0) is 12.1 Å². The van der Waals surface area contributed by atoms with Crippen molar-refractivity contribution in [1.82, 2.24) is 4.98 Å². The minimum Gasteiger partial charge on any atom is -0.438 e. The number of nitriles is 1. The van der Waals surface area contributed by atoms with E-state index in [1.165, 1.54) is 13.0 Å². The molecule has 100 valence electrons. The van der Waals surface area contributed by atoms with E-state index in [0.717, 1.165) is 0 Å². The third-order valence-corrected chi connectivity index (χ3v) is 2.39. The Hall–Kier alpha value is -3.07. The molecule has 0 fully saturated rings. The molecule has 1 heterocycles. The van der Waals surface area contributed by atoms with Gasteiger partial charge in [0, 0.05) is 13.0 Å². The first-order valence-corrected chi connectivity index (χ1v) is 5.81. The highest BCUT2D eigenvalue weighted by atomic mass is 16.5. The Labute approximate surface area is 115 Å². The van der Waals surface area contributed by atoms with Gasteiger partial charge in [-0.15, -0.1) is 0 Å². The Bertz CT molecular complexity index is 678. The Kier molecular flexibility index (Phi) is 3.82. The van der Waals surface area contributed by atoms with Gasteiger partial charge in [0.25, 0.3) is 0 Å². The highest BCUT2D eigenvalue weighted by Crippen LogP contribution is 2.28. The summed E-state index contributed by atoms with van der Waals surface area (Å²) in [5.41, 5.74) is 6.09. The number of benzene rings is 1. The number of nitrogens with two attached hydrogens (primary N) is 1. The molecule has 0 unspecified atom stereocenters. The topological polar surface area (TPSA) is 101 Å². The molecule has 0 aliphatic rings. The molecule has 20 heavy (non-hydrogen) atoms. The summed E-state index contributed by atoms with van der Waals surface area (Å²) in [6, 6.07) is 12.2. The minimum absolute atomic E-state index is 0.0578. The van der Waals surface area contributed by atoms with Crippen molar-refractivity contribution < 1.29 is 9.53 Å². The summed E-state index contributed by atoms with van der Waals surface area (Å²) in [7, 11) is 0. The van der Waals surface area contributed by atoms with Crippen molar-refractivity contribution in [3.8, 4) is 17.7 Å². The number of rotatable bonds is 3. The fourth-order valence-corrected chi connectivity index (χ4v) is 1.57. The average molecular weight is 268 g/mol. The first kappa shape index (κ1) is 13.4. The molecule has 1 aromatic heterocycles. The van der Waals surface area contributed by atoms with E-state index >= 15 is 0 Å². The first-order chi connectivity index (χ1) is 9.60. The molecule has 0 spiro atoms. The Morgan fingerprint density at radius 1 is 1.40 bits per heavy atom. The quantitative estimate of drug-likeness (QED) is 0.889. The summed E-state index contributed by atoms with van der Waals surface area (Å²) in [5, 5.41) is 11.6. The van der Waals surface area contributed by atoms with Crippen molar-refractivity contribution in [2.45, 2.75) is 6.92 Å². The van der Waals surface area contributed by atoms with Crippen LogP contribution < -0.4 is 15.8 Å². The number of ether oxygens (including phenoxy) is 1. The summed E-state index contributed by atoms with van der Waals surface area (Å²) in [6.45, 7) is 1.35. The zero-order chi connectivity index (χ0) is 14.5. The van der Waals surface area contributed by atoms with Gasteiger partial charge in [-0.3, -0.25) is 4.79 Å². The summed E-state index contributed by atoms with van der Waals surface area (Å²) < 4.78 is 5.54. The molecule has 0 saturated carbocycles. The second kappa shape index (κ2) is 5.71. The molecular weight excluding hydrogens is 256 g/mol. The van der Waals surface area contributed by atoms with E-state index < -0.39 is 0 Å². The smallest absolute Gasteiger partial charge is 0.241 e. The van der Waals surface area contributed by atoms with Gasteiger partial charge in [0.15, 0.2) is 0 Å². The van der Waals surface area contributed by atoms with E-state index in [2.05, 4.69) is 10.3 Å². The van der Waals surface area contributed by atoms with Gasteiger partial charge in [0.1, 0.15) is 23.2 Å². The van der Waals surface area contributed by atoms with Crippen LogP contribution in [0, 0.1) is 11.3 Å². The lowest BCUT2D eigenvalue weighted by Gasteiger charge is -2.10. The second-order valence-electron chi connectivity index (χ2n) is 3.98. The third kappa shape index (κ3) is 3.03. The zero-order valence-electron chi connectivity index (χ0n) is 10.8. The van der Waals surface area contributed by atoms with E-state index in [1.54, 1.807) is 24.3 Å². The Balaban J connectivity index is 2.42. The maximum absolute atomic E-state index is 11.1. The molecule has 0 atom stereocenters. The number of hydrogen-bond donors (Lipinski definition) is 2. The van der Waals surface area contributed by atoms with Gasteiger partial charge in [-0.25, -0.2) is 0 Å². The average Bonchev–Trinajstić information content (AvgIpc) is 2.39. The summed E-state index contributed by atoms with van der Waals surface area (Å²) in [5.74, 6) is 0.533. The predicted molar refractivity (Wildman–Crippen MR) is 74.2 cm³/mol. The van der Waals surface area contributed by atoms with Crippen molar-refractivity contribution in [3.05, 3.63) is 42.0 Å². The van der Waals surface area contributed by atoms with Crippen LogP contribution in [0.2, 0.25) is 0 Å². The number of anilines is 2. The lowest BCUT2D eigenvalue weighted by molar-refractivity contribution is -0.114. The molecule has 0 aliphatic carbocycles. The summed E-state index contributed by atoms with van der Waals surface area (Å²) in [4.78, 5) is 15.1. The summed E-state index contributed by atoms with van der Waals surface area (Å²) >= 11 is 0. The highest BCUT2D eigenvalue weighted by Gasteiger charge is 2.13. The van der Waals surface area contributed by atoms with E-state index in [0.29, 0.717) is 5.75 Å². The Morgan fingerprint density at radius 3 is 2.70 bits per heavy atom. The SMILES string of the molecule is CC(=O)Nc1cc(N)c(C#N)c(Oc2ccccc2)n1. The van der Waals surface area contributed by atoms with E-state index in [-0.39, 0.29) is 28.9 Å². The predicted octanol–water partition coefficient (Wildman–Crippen LogP) is 2.29. The van der Waals surface area contributed by atoms with Crippen molar-refractivity contribution >= 4 is 17.4 Å². The molecule has 6 nitrogen and oxygen atoms in total. The number of carbonyl (C=O) groups excluding carboxylic acids is 1. The number of nitrogens with zero attached hydrogens (tertiary/aromatic N) is 2. The number of aromatic nitrogens is 1. The molecule has 0 saturated heterocycles. The molecule has 1 aromatic carbocycles. The minimum atomic E-state index is -0.285. The third-order valence-electron chi connectivity index (χ3n) is 2.39. The van der Waals surface area contributed by atoms with E-state index in [1.807, 2.05) is 12.1 Å². The van der Waals surface area contributed by atoms with Crippen molar-refractivity contribution in [3.63, 3.8) is 0 Å². The Morgan fingerprint density at radius 2 is 2.10 bits per heavy atom. The first-order valence-electron chi connectivity index (χ1n) is 5.81. The number of pyridine rings is 1. The van der Waals surface area contributed by atoms with Gasteiger partial charge in [-0.2, -0.15) is 10.2 Å². The van der Waals surface area contributed by atoms with E-state index in [9.17, 15) is 4.79 Å². The second-order valence-corrected chi connectivity index (χ2v) is 3.98. The summed E-state index contributed by atoms with van der Waals surface area (Å²) in [6.07, 6.45) is 0. The number of nitrogen functional groups attached to an aromatic ring is 1. The molecule has 0 aliphatic heterocycles. The van der Waals surface area contributed by atoms with Crippen LogP contribution in [0.5, 0.6) is 11.6 Å². The molecule has 1 amide bonds. The maximum Gasteiger partial charge on any atom is 0.241 e. The highest BCUT2D eigenvalue weighted by molar-refractivity contribution is 5.88. The standard InChI is InChI=1S/C14H12N4O2/c1-9(19)17-13-7-12(16)11(8-15)14(18-13)20-10-5-3-2-4-6-10/h2-7H,1H3,(H3,16,17,18,19). The normalized spacial score (nSPS) is 9.60. The van der Waals surface area contributed by atoms with Gasteiger partial charge >= 0.3 is 0 Å². The van der Waals surface area contributed by atoms with Crippen molar-refractivity contribution in [2.75, 3.05) is 11.1 Å². The number of carbonyl (C=O) groups is 1. The molecule has 0 radical (unpaired) electrons. The maximum atomic E-state index is 11.1. The molecule has 6 heteroatoms. The number of nitrogens with one attached hydrogen (secondary N) is 1. The van der Waals surface area contributed by atoms with E-state index in [4.69, 9.17) is 15.7 Å². The van der Waals surface area contributed by atoms with Crippen molar-refractivity contribution in [2.24, 2.45) is 0 Å². The fraction of sp³-hybridized carbons (Fsp3) is 0.0714. The zero-order valence-corrected chi connectivity index (χ0v) is 10.8. The lowest BCUT2D eigenvalue weighted by Crippen LogP contribution is -2.09. The van der Waals surface area contributed by atoms with Crippen LogP contribution in [0.25, 0.3) is 0 Å². The monoisotopic (exact) mass is 268 g/mol. The van der Waals surface area contributed by atoms with Crippen LogP contribution in [-0.2, 0) is 4.79 Å². The largest absolute Gasteiger partial charge is 0.438 e. The molecule has 0 bridgehead atoms. The van der Waals surface area contributed by atoms with Gasteiger partial charge in [-0.1, -0.05) is 18.2 Å². The lowest BCUT2D eigenvalue weighted by atomic mass is 10.2. The van der Waals surface area contributed by atoms with Crippen LogP contribution in [0.15, 0.2) is 36.4 Å². The molecule has 2 rings (SSSR count). The van der Waals surface area contributed by atoms with Gasteiger partial charge in [0.05, 0.1) is 5.69 Å². The van der Waals surface area contributed by atoms with Crippen LogP contribution in [0.1, 0.15) is 12.5 Å². The van der Waals surface area contributed by atoms with Gasteiger partial charge in [0.2, 0.25) is 11.8 Å². The number of para-hydroxylation sites is 1. The molecular formula is C14H12N4O2. The molecule has 3 N–H and O–H groups in total. The van der Waals surface area contributed by atoms with Crippen LogP contribution in [0.3, 0.4) is 0 Å². The fourth-order valence-electron chi connectivity index (χ4n) is 1.57. The van der Waals surface area contributed by atoms with Crippen molar-refractivity contribution in [1.29, 1.82) is 5.26 Å². The van der Waals surface area contributed by atoms with Gasteiger partial charge < -0.3 is 15.8 Å². The molecule has 2 aromatic rings. The number of hydrogen-bond acceptors (Lipinski definition) is 5. The van der Waals surface area contributed by atoms with Crippen LogP contribution in [-0.4, -0.2) is 10.9 Å². The van der Waals surface area contributed by atoms with Crippen LogP contribution in [0.4, 0.5) is 11.5 Å². The van der Waals surface area contributed by atoms with Crippen LogP contribution >= 0.6 is 0 Å².